The molecule has 0 radical (unpaired) electrons. The lowest BCUT2D eigenvalue weighted by Gasteiger charge is -2.09. The quantitative estimate of drug-likeness (QED) is 0.543. The molecule has 0 saturated carbocycles. The van der Waals surface area contributed by atoms with E-state index in [9.17, 15) is 10.1 Å². The van der Waals surface area contributed by atoms with Gasteiger partial charge in [-0.05, 0) is 47.4 Å². The van der Waals surface area contributed by atoms with Crippen LogP contribution in [0.4, 0.5) is 5.82 Å². The highest BCUT2D eigenvalue weighted by Crippen LogP contribution is 2.36. The summed E-state index contributed by atoms with van der Waals surface area (Å²) >= 11 is 0. The number of aryl methyl sites for hydroxylation is 3. The molecule has 118 valence electrons. The molecule has 0 N–H and O–H groups in total. The molecule has 3 aromatic rings. The number of furan rings is 1. The Morgan fingerprint density at radius 1 is 1.35 bits per heavy atom. The molecule has 0 aliphatic heterocycles. The molecule has 0 spiro atoms. The first-order valence-corrected chi connectivity index (χ1v) is 7.51. The van der Waals surface area contributed by atoms with Gasteiger partial charge >= 0.3 is 11.7 Å². The minimum absolute atomic E-state index is 0.117. The van der Waals surface area contributed by atoms with Crippen molar-refractivity contribution in [3.8, 4) is 11.6 Å². The molecule has 23 heavy (non-hydrogen) atoms. The largest absolute Gasteiger partial charge is 0.461 e. The number of hydrogen-bond donors (Lipinski definition) is 0. The van der Waals surface area contributed by atoms with Crippen LogP contribution in [0.3, 0.4) is 0 Å². The maximum absolute atomic E-state index is 11.0. The Labute approximate surface area is 131 Å². The van der Waals surface area contributed by atoms with Crippen LogP contribution in [0.2, 0.25) is 0 Å². The molecule has 7 nitrogen and oxygen atoms in total. The van der Waals surface area contributed by atoms with E-state index in [0.29, 0.717) is 5.75 Å². The summed E-state index contributed by atoms with van der Waals surface area (Å²) in [6.45, 7) is 0. The van der Waals surface area contributed by atoms with Gasteiger partial charge in [-0.25, -0.2) is 0 Å². The molecule has 0 saturated heterocycles. The number of nitrogens with zero attached hydrogens (tertiary/aromatic N) is 3. The van der Waals surface area contributed by atoms with Crippen molar-refractivity contribution in [3.05, 3.63) is 46.0 Å². The minimum Gasteiger partial charge on any atom is -0.461 e. The average Bonchev–Trinajstić information content (AvgIpc) is 3.08. The smallest absolute Gasteiger partial charge is 0.427 e. The molecular formula is C16H15N3O4. The van der Waals surface area contributed by atoms with Gasteiger partial charge in [-0.1, -0.05) is 0 Å². The van der Waals surface area contributed by atoms with E-state index in [-0.39, 0.29) is 11.7 Å². The van der Waals surface area contributed by atoms with Crippen LogP contribution in [0, 0.1) is 10.1 Å². The van der Waals surface area contributed by atoms with Gasteiger partial charge in [-0.2, -0.15) is 0 Å². The third kappa shape index (κ3) is 2.25. The lowest BCUT2D eigenvalue weighted by molar-refractivity contribution is -0.390. The standard InChI is InChI=1S/C16H15N3O4/c1-18-9-17-15(19(20)21)16(18)22-10-6-7-14-12(8-10)11-4-2-3-5-13(11)23-14/h6-9H,2-5H2,1H3. The number of imidazole rings is 1. The lowest BCUT2D eigenvalue weighted by Crippen LogP contribution is -1.99. The highest BCUT2D eigenvalue weighted by atomic mass is 16.6. The molecule has 4 rings (SSSR count). The Balaban J connectivity index is 1.75. The van der Waals surface area contributed by atoms with Gasteiger partial charge in [0.25, 0.3) is 0 Å². The second-order valence-electron chi connectivity index (χ2n) is 5.71. The Bertz CT molecular complexity index is 910. The first-order valence-electron chi connectivity index (χ1n) is 7.51. The first-order chi connectivity index (χ1) is 11.1. The first kappa shape index (κ1) is 13.8. The summed E-state index contributed by atoms with van der Waals surface area (Å²) in [6, 6.07) is 5.50. The van der Waals surface area contributed by atoms with E-state index < -0.39 is 4.92 Å². The third-order valence-electron chi connectivity index (χ3n) is 4.18. The molecule has 1 aliphatic carbocycles. The van der Waals surface area contributed by atoms with Crippen LogP contribution in [-0.4, -0.2) is 14.5 Å². The Hall–Kier alpha value is -2.83. The molecule has 0 bridgehead atoms. The number of rotatable bonds is 3. The van der Waals surface area contributed by atoms with Crippen LogP contribution in [0.25, 0.3) is 11.0 Å². The van der Waals surface area contributed by atoms with Crippen molar-refractivity contribution in [1.29, 1.82) is 0 Å². The van der Waals surface area contributed by atoms with Crippen LogP contribution >= 0.6 is 0 Å². The van der Waals surface area contributed by atoms with Gasteiger partial charge in [0, 0.05) is 24.4 Å². The summed E-state index contributed by atoms with van der Waals surface area (Å²) in [5, 5.41) is 12.1. The van der Waals surface area contributed by atoms with E-state index in [1.807, 2.05) is 12.1 Å². The molecule has 2 heterocycles. The molecule has 0 fully saturated rings. The number of nitro groups is 1. The second-order valence-corrected chi connectivity index (χ2v) is 5.71. The molecule has 0 amide bonds. The molecule has 0 atom stereocenters. The summed E-state index contributed by atoms with van der Waals surface area (Å²) < 4.78 is 13.1. The van der Waals surface area contributed by atoms with Gasteiger partial charge in [0.2, 0.25) is 6.33 Å². The van der Waals surface area contributed by atoms with E-state index in [1.165, 1.54) is 16.5 Å². The number of hydrogen-bond acceptors (Lipinski definition) is 5. The second kappa shape index (κ2) is 5.12. The van der Waals surface area contributed by atoms with E-state index in [4.69, 9.17) is 9.15 Å². The van der Waals surface area contributed by atoms with Gasteiger partial charge in [0.15, 0.2) is 0 Å². The normalized spacial score (nSPS) is 14.0. The van der Waals surface area contributed by atoms with E-state index in [2.05, 4.69) is 4.98 Å². The zero-order valence-corrected chi connectivity index (χ0v) is 12.6. The van der Waals surface area contributed by atoms with Gasteiger partial charge in [0.05, 0.1) is 0 Å². The topological polar surface area (TPSA) is 83.3 Å². The third-order valence-corrected chi connectivity index (χ3v) is 4.18. The zero-order chi connectivity index (χ0) is 16.0. The maximum atomic E-state index is 11.0. The highest BCUT2D eigenvalue weighted by molar-refractivity contribution is 5.84. The van der Waals surface area contributed by atoms with E-state index >= 15 is 0 Å². The molecule has 0 unspecified atom stereocenters. The molecule has 1 aliphatic rings. The summed E-state index contributed by atoms with van der Waals surface area (Å²) in [7, 11) is 1.66. The van der Waals surface area contributed by atoms with Crippen LogP contribution in [0.5, 0.6) is 11.6 Å². The van der Waals surface area contributed by atoms with Gasteiger partial charge < -0.3 is 19.3 Å². The van der Waals surface area contributed by atoms with Gasteiger partial charge in [-0.15, -0.1) is 0 Å². The summed E-state index contributed by atoms with van der Waals surface area (Å²) in [6.07, 6.45) is 5.63. The van der Waals surface area contributed by atoms with Crippen molar-refractivity contribution >= 4 is 16.8 Å². The van der Waals surface area contributed by atoms with Crippen molar-refractivity contribution < 1.29 is 14.1 Å². The highest BCUT2D eigenvalue weighted by Gasteiger charge is 2.23. The van der Waals surface area contributed by atoms with Crippen molar-refractivity contribution in [2.45, 2.75) is 25.7 Å². The average molecular weight is 313 g/mol. The summed E-state index contributed by atoms with van der Waals surface area (Å²) in [5.74, 6) is 1.42. The number of benzene rings is 1. The van der Waals surface area contributed by atoms with E-state index in [1.54, 1.807) is 13.1 Å². The number of aromatic nitrogens is 2. The summed E-state index contributed by atoms with van der Waals surface area (Å²) in [4.78, 5) is 14.2. The van der Waals surface area contributed by atoms with Crippen LogP contribution in [0.1, 0.15) is 24.2 Å². The van der Waals surface area contributed by atoms with Crippen LogP contribution in [0.15, 0.2) is 28.9 Å². The fourth-order valence-corrected chi connectivity index (χ4v) is 3.07. The van der Waals surface area contributed by atoms with Crippen molar-refractivity contribution in [2.75, 3.05) is 0 Å². The number of ether oxygens (including phenoxy) is 1. The van der Waals surface area contributed by atoms with Crippen LogP contribution in [-0.2, 0) is 19.9 Å². The molecule has 7 heteroatoms. The molecular weight excluding hydrogens is 298 g/mol. The SMILES string of the molecule is Cn1cnc([N+](=O)[O-])c1Oc1ccc2oc3c(c2c1)CCCC3. The van der Waals surface area contributed by atoms with Gasteiger partial charge in [0.1, 0.15) is 17.1 Å². The predicted octanol–water partition coefficient (Wildman–Crippen LogP) is 3.75. The fourth-order valence-electron chi connectivity index (χ4n) is 3.07. The molecule has 1 aromatic carbocycles. The zero-order valence-electron chi connectivity index (χ0n) is 12.6. The van der Waals surface area contributed by atoms with Crippen molar-refractivity contribution in [2.24, 2.45) is 7.05 Å². The Morgan fingerprint density at radius 3 is 3.00 bits per heavy atom. The Morgan fingerprint density at radius 2 is 2.17 bits per heavy atom. The van der Waals surface area contributed by atoms with Crippen LogP contribution < -0.4 is 4.74 Å². The minimum atomic E-state index is -0.548. The predicted molar refractivity (Wildman–Crippen MR) is 82.8 cm³/mol. The number of fused-ring (bicyclic) bond motifs is 3. The lowest BCUT2D eigenvalue weighted by atomic mass is 9.96. The fraction of sp³-hybridized carbons (Fsp3) is 0.312. The van der Waals surface area contributed by atoms with Gasteiger partial charge in [-0.3, -0.25) is 4.57 Å². The monoisotopic (exact) mass is 313 g/mol. The van der Waals surface area contributed by atoms with E-state index in [0.717, 1.165) is 42.4 Å². The van der Waals surface area contributed by atoms with Crippen molar-refractivity contribution in [1.82, 2.24) is 9.55 Å². The maximum Gasteiger partial charge on any atom is 0.427 e. The molecule has 2 aromatic heterocycles. The van der Waals surface area contributed by atoms with Crippen molar-refractivity contribution in [3.63, 3.8) is 0 Å². The Kier molecular flexibility index (Phi) is 3.07. The summed E-state index contributed by atoms with van der Waals surface area (Å²) in [5.41, 5.74) is 2.07.